The zero-order valence-electron chi connectivity index (χ0n) is 30.4. The Bertz CT molecular complexity index is 2960. The molecule has 0 fully saturated rings. The summed E-state index contributed by atoms with van der Waals surface area (Å²) in [5.41, 5.74) is 18.9. The van der Waals surface area contributed by atoms with Crippen molar-refractivity contribution in [2.45, 2.75) is 38.5 Å². The van der Waals surface area contributed by atoms with Gasteiger partial charge in [0.05, 0.1) is 5.69 Å². The Morgan fingerprint density at radius 1 is 0.415 bits per heavy atom. The minimum absolute atomic E-state index is 0.0830. The summed E-state index contributed by atoms with van der Waals surface area (Å²) >= 11 is 0. The summed E-state index contributed by atoms with van der Waals surface area (Å²) in [5.74, 6) is 0. The van der Waals surface area contributed by atoms with Crippen molar-refractivity contribution >= 4 is 27.2 Å². The van der Waals surface area contributed by atoms with Gasteiger partial charge in [-0.1, -0.05) is 143 Å². The fraction of sp³-hybridized carbons (Fsp3) is 0.118. The van der Waals surface area contributed by atoms with Gasteiger partial charge in [0, 0.05) is 28.8 Å². The number of hydrogen-bond donors (Lipinski definition) is 0. The topological polar surface area (TPSA) is 17.3 Å². The second-order valence-corrected chi connectivity index (χ2v) is 16.0. The molecule has 0 radical (unpaired) electrons. The lowest BCUT2D eigenvalue weighted by Crippen LogP contribution is -2.15. The average molecular weight is 679 g/mol. The van der Waals surface area contributed by atoms with E-state index in [2.05, 4.69) is 178 Å². The molecule has 11 rings (SSSR count). The highest BCUT2D eigenvalue weighted by atomic mass is 15.0. The number of pyridine rings is 1. The van der Waals surface area contributed by atoms with E-state index in [4.69, 9.17) is 4.98 Å². The van der Waals surface area contributed by atoms with Crippen LogP contribution in [0.5, 0.6) is 0 Å². The summed E-state index contributed by atoms with van der Waals surface area (Å²) in [4.78, 5) is 4.92. The maximum Gasteiger partial charge on any atom is 0.137 e. The molecule has 2 aliphatic rings. The van der Waals surface area contributed by atoms with Gasteiger partial charge < -0.3 is 4.40 Å². The molecule has 9 aromatic rings. The predicted octanol–water partition coefficient (Wildman–Crippen LogP) is 13.3. The van der Waals surface area contributed by atoms with Crippen LogP contribution in [0.2, 0.25) is 0 Å². The van der Waals surface area contributed by atoms with Crippen LogP contribution >= 0.6 is 0 Å². The van der Waals surface area contributed by atoms with Gasteiger partial charge in [-0.15, -0.1) is 0 Å². The first-order chi connectivity index (χ1) is 25.8. The second kappa shape index (κ2) is 10.6. The smallest absolute Gasteiger partial charge is 0.137 e. The molecule has 0 atom stereocenters. The van der Waals surface area contributed by atoms with E-state index in [-0.39, 0.29) is 10.8 Å². The molecule has 2 nitrogen and oxygen atoms in total. The predicted molar refractivity (Wildman–Crippen MR) is 222 cm³/mol. The third-order valence-corrected chi connectivity index (χ3v) is 12.4. The van der Waals surface area contributed by atoms with E-state index in [1.807, 2.05) is 12.1 Å². The standard InChI is InChI=1S/C51H38N2/c1-50(2)42-17-9-7-13-34(42)36-25-24-33(27-44(36)50)49-38-16-6-5-15-37(38)48(32-22-20-31(21-23-32)46-30-53-26-12-11-19-47(53)52-46)41-29-45-39(28-40(41)49)35-14-8-10-18-43(35)51(45,3)4/h5-30H,1-4H3. The van der Waals surface area contributed by atoms with Crippen molar-refractivity contribution in [1.29, 1.82) is 0 Å². The van der Waals surface area contributed by atoms with Gasteiger partial charge in [-0.2, -0.15) is 0 Å². The van der Waals surface area contributed by atoms with Crippen molar-refractivity contribution < 1.29 is 0 Å². The molecule has 0 saturated heterocycles. The monoisotopic (exact) mass is 678 g/mol. The Labute approximate surface area is 310 Å². The maximum atomic E-state index is 4.92. The number of fused-ring (bicyclic) bond motifs is 9. The van der Waals surface area contributed by atoms with Crippen LogP contribution in [-0.4, -0.2) is 9.38 Å². The lowest BCUT2D eigenvalue weighted by atomic mass is 9.78. The zero-order chi connectivity index (χ0) is 35.6. The molecule has 0 unspecified atom stereocenters. The first-order valence-electron chi connectivity index (χ1n) is 18.7. The van der Waals surface area contributed by atoms with Crippen molar-refractivity contribution in [3.63, 3.8) is 0 Å². The van der Waals surface area contributed by atoms with E-state index in [1.54, 1.807) is 0 Å². The molecule has 2 heteroatoms. The molecule has 0 amide bonds. The highest BCUT2D eigenvalue weighted by Crippen LogP contribution is 2.55. The lowest BCUT2D eigenvalue weighted by molar-refractivity contribution is 0.660. The third-order valence-electron chi connectivity index (χ3n) is 12.4. The first kappa shape index (κ1) is 30.4. The van der Waals surface area contributed by atoms with Crippen LogP contribution in [0, 0.1) is 0 Å². The van der Waals surface area contributed by atoms with Crippen LogP contribution in [-0.2, 0) is 10.8 Å². The summed E-state index contributed by atoms with van der Waals surface area (Å²) in [7, 11) is 0. The SMILES string of the molecule is CC1(C)c2ccccc2-c2ccc(-c3c4ccccc4c(-c4ccc(-c5cn6ccccc6n5)cc4)c4cc5c(cc34)-c3ccccc3C5(C)C)cc21. The van der Waals surface area contributed by atoms with Gasteiger partial charge in [-0.05, 0) is 119 Å². The Morgan fingerprint density at radius 2 is 0.943 bits per heavy atom. The molecule has 252 valence electrons. The molecular weight excluding hydrogens is 641 g/mol. The summed E-state index contributed by atoms with van der Waals surface area (Å²) in [6.07, 6.45) is 4.17. The van der Waals surface area contributed by atoms with Gasteiger partial charge in [0.15, 0.2) is 0 Å². The van der Waals surface area contributed by atoms with Crippen LogP contribution in [0.15, 0.2) is 158 Å². The number of rotatable bonds is 3. The van der Waals surface area contributed by atoms with Gasteiger partial charge in [0.25, 0.3) is 0 Å². The fourth-order valence-corrected chi connectivity index (χ4v) is 9.73. The Kier molecular flexibility index (Phi) is 6.11. The molecule has 0 N–H and O–H groups in total. The minimum atomic E-state index is -0.112. The molecule has 2 heterocycles. The molecule has 2 aliphatic carbocycles. The number of hydrogen-bond acceptors (Lipinski definition) is 1. The number of benzene rings is 7. The summed E-state index contributed by atoms with van der Waals surface area (Å²) in [6, 6.07) is 54.4. The molecule has 2 aromatic heterocycles. The summed E-state index contributed by atoms with van der Waals surface area (Å²) < 4.78 is 2.09. The van der Waals surface area contributed by atoms with Crippen LogP contribution in [0.1, 0.15) is 49.9 Å². The van der Waals surface area contributed by atoms with Gasteiger partial charge >= 0.3 is 0 Å². The largest absolute Gasteiger partial charge is 0.306 e. The number of aromatic nitrogens is 2. The summed E-state index contributed by atoms with van der Waals surface area (Å²) in [5, 5.41) is 5.13. The highest BCUT2D eigenvalue weighted by Gasteiger charge is 2.37. The molecule has 0 saturated carbocycles. The lowest BCUT2D eigenvalue weighted by Gasteiger charge is -2.25. The number of imidazole rings is 1. The first-order valence-corrected chi connectivity index (χ1v) is 18.7. The van der Waals surface area contributed by atoms with E-state index in [1.165, 1.54) is 88.3 Å². The quantitative estimate of drug-likeness (QED) is 0.170. The van der Waals surface area contributed by atoms with Gasteiger partial charge in [-0.25, -0.2) is 4.98 Å². The van der Waals surface area contributed by atoms with Crippen molar-refractivity contribution in [2.24, 2.45) is 0 Å². The van der Waals surface area contributed by atoms with E-state index in [0.29, 0.717) is 0 Å². The molecule has 53 heavy (non-hydrogen) atoms. The van der Waals surface area contributed by atoms with Crippen LogP contribution in [0.25, 0.3) is 83.0 Å². The fourth-order valence-electron chi connectivity index (χ4n) is 9.73. The molecule has 0 spiro atoms. The minimum Gasteiger partial charge on any atom is -0.306 e. The normalized spacial score (nSPS) is 14.7. The zero-order valence-corrected chi connectivity index (χ0v) is 30.4. The molecule has 0 aliphatic heterocycles. The van der Waals surface area contributed by atoms with E-state index in [0.717, 1.165) is 16.9 Å². The second-order valence-electron chi connectivity index (χ2n) is 16.0. The van der Waals surface area contributed by atoms with Crippen LogP contribution < -0.4 is 0 Å². The number of nitrogens with zero attached hydrogens (tertiary/aromatic N) is 2. The van der Waals surface area contributed by atoms with E-state index in [9.17, 15) is 0 Å². The van der Waals surface area contributed by atoms with Gasteiger partial charge in [-0.3, -0.25) is 0 Å². The highest BCUT2D eigenvalue weighted by molar-refractivity contribution is 6.22. The van der Waals surface area contributed by atoms with E-state index >= 15 is 0 Å². The third kappa shape index (κ3) is 4.18. The summed E-state index contributed by atoms with van der Waals surface area (Å²) in [6.45, 7) is 9.52. The molecular formula is C51H38N2. The van der Waals surface area contributed by atoms with Crippen LogP contribution in [0.3, 0.4) is 0 Å². The van der Waals surface area contributed by atoms with Crippen molar-refractivity contribution in [3.05, 3.63) is 180 Å². The molecule has 7 aromatic carbocycles. The van der Waals surface area contributed by atoms with Crippen molar-refractivity contribution in [1.82, 2.24) is 9.38 Å². The van der Waals surface area contributed by atoms with Crippen molar-refractivity contribution in [3.8, 4) is 55.8 Å². The Morgan fingerprint density at radius 3 is 1.64 bits per heavy atom. The van der Waals surface area contributed by atoms with Crippen LogP contribution in [0.4, 0.5) is 0 Å². The van der Waals surface area contributed by atoms with Gasteiger partial charge in [0.2, 0.25) is 0 Å². The Hall–Kier alpha value is -6.25. The van der Waals surface area contributed by atoms with E-state index < -0.39 is 0 Å². The average Bonchev–Trinajstić information content (AvgIpc) is 3.80. The van der Waals surface area contributed by atoms with Gasteiger partial charge in [0.1, 0.15) is 5.65 Å². The van der Waals surface area contributed by atoms with Crippen molar-refractivity contribution in [2.75, 3.05) is 0 Å². The Balaban J connectivity index is 1.20. The maximum absolute atomic E-state index is 4.92. The molecule has 0 bridgehead atoms.